The maximum Gasteiger partial charge on any atom is 0.338 e. The molecule has 0 saturated carbocycles. The van der Waals surface area contributed by atoms with Crippen molar-refractivity contribution < 1.29 is 19.4 Å². The second kappa shape index (κ2) is 7.78. The van der Waals surface area contributed by atoms with Gasteiger partial charge in [-0.25, -0.2) is 4.79 Å². The van der Waals surface area contributed by atoms with Gasteiger partial charge in [0, 0.05) is 24.8 Å². The molecule has 1 aromatic carbocycles. The van der Waals surface area contributed by atoms with Crippen LogP contribution in [-0.2, 0) is 0 Å². The number of carbonyl (C=O) groups is 2. The molecule has 1 fully saturated rings. The first kappa shape index (κ1) is 18.7. The van der Waals surface area contributed by atoms with Gasteiger partial charge in [-0.1, -0.05) is 0 Å². The summed E-state index contributed by atoms with van der Waals surface area (Å²) in [6.07, 6.45) is 4.32. The number of H-pyrrole nitrogens is 1. The van der Waals surface area contributed by atoms with Gasteiger partial charge >= 0.3 is 5.97 Å². The van der Waals surface area contributed by atoms with Crippen LogP contribution in [-0.4, -0.2) is 62.1 Å². The Morgan fingerprint density at radius 3 is 2.55 bits per heavy atom. The van der Waals surface area contributed by atoms with Crippen molar-refractivity contribution in [3.05, 3.63) is 54.0 Å². The summed E-state index contributed by atoms with van der Waals surface area (Å²) in [5, 5.41) is 20.3. The highest BCUT2D eigenvalue weighted by molar-refractivity contribution is 5.93. The summed E-state index contributed by atoms with van der Waals surface area (Å²) in [6.45, 7) is 1.14. The van der Waals surface area contributed by atoms with Gasteiger partial charge in [0.15, 0.2) is 0 Å². The highest BCUT2D eigenvalue weighted by Gasteiger charge is 2.26. The van der Waals surface area contributed by atoms with Gasteiger partial charge in [-0.05, 0) is 43.2 Å². The highest BCUT2D eigenvalue weighted by Crippen LogP contribution is 2.25. The normalized spacial score (nSPS) is 14.7. The Hall–Kier alpha value is -3.62. The summed E-state index contributed by atoms with van der Waals surface area (Å²) in [5.41, 5.74) is 2.21. The van der Waals surface area contributed by atoms with Gasteiger partial charge < -0.3 is 14.7 Å². The minimum absolute atomic E-state index is 0.0868. The van der Waals surface area contributed by atoms with E-state index in [4.69, 9.17) is 9.84 Å². The number of aromatic nitrogens is 4. The summed E-state index contributed by atoms with van der Waals surface area (Å²) in [5.74, 6) is -0.325. The van der Waals surface area contributed by atoms with Gasteiger partial charge in [0.2, 0.25) is 0 Å². The third kappa shape index (κ3) is 3.84. The number of likely N-dealkylation sites (tertiary alicyclic amines) is 1. The Balaban J connectivity index is 1.39. The van der Waals surface area contributed by atoms with Crippen LogP contribution in [0.3, 0.4) is 0 Å². The van der Waals surface area contributed by atoms with Gasteiger partial charge in [-0.3, -0.25) is 14.6 Å². The summed E-state index contributed by atoms with van der Waals surface area (Å²) < 4.78 is 6.84. The number of nitrogens with zero attached hydrogens (tertiary/aromatic N) is 4. The lowest BCUT2D eigenvalue weighted by Gasteiger charge is -2.31. The lowest BCUT2D eigenvalue weighted by atomic mass is 10.0. The predicted octanol–water partition coefficient (Wildman–Crippen LogP) is 2.46. The third-order valence-corrected chi connectivity index (χ3v) is 5.17. The van der Waals surface area contributed by atoms with Gasteiger partial charge in [0.1, 0.15) is 11.4 Å². The smallest absolute Gasteiger partial charge is 0.338 e. The van der Waals surface area contributed by atoms with E-state index in [1.165, 1.54) is 6.20 Å². The molecular weight excluding hydrogens is 374 g/mol. The number of carboxylic acid groups (broad SMARTS) is 1. The SMILES string of the molecule is COc1ccc(-c2cc(C(=O)N3CCC(n4cc(C(=O)O)cn4)CC3)[nH]n2)cc1. The van der Waals surface area contributed by atoms with Crippen LogP contribution in [0.1, 0.15) is 39.7 Å². The third-order valence-electron chi connectivity index (χ3n) is 5.17. The van der Waals surface area contributed by atoms with Crippen LogP contribution in [0.5, 0.6) is 5.75 Å². The van der Waals surface area contributed by atoms with Crippen LogP contribution >= 0.6 is 0 Å². The second-order valence-electron chi connectivity index (χ2n) is 6.93. The molecule has 1 saturated heterocycles. The standard InChI is InChI=1S/C20H21N5O4/c1-29-16-4-2-13(3-5-16)17-10-18(23-22-17)19(26)24-8-6-15(7-9-24)25-12-14(11-21-25)20(27)28/h2-5,10-12,15H,6-9H2,1H3,(H,22,23)(H,27,28). The molecule has 0 unspecified atom stereocenters. The quantitative estimate of drug-likeness (QED) is 0.686. The van der Waals surface area contributed by atoms with Gasteiger partial charge in [-0.2, -0.15) is 10.2 Å². The van der Waals surface area contributed by atoms with Crippen LogP contribution in [0.15, 0.2) is 42.7 Å². The van der Waals surface area contributed by atoms with E-state index in [-0.39, 0.29) is 17.5 Å². The van der Waals surface area contributed by atoms with E-state index in [9.17, 15) is 9.59 Å². The van der Waals surface area contributed by atoms with Crippen molar-refractivity contribution in [3.63, 3.8) is 0 Å². The first-order valence-electron chi connectivity index (χ1n) is 9.31. The number of aromatic amines is 1. The average molecular weight is 395 g/mol. The number of carboxylic acids is 1. The first-order valence-corrected chi connectivity index (χ1v) is 9.31. The van der Waals surface area contributed by atoms with Crippen LogP contribution in [0.4, 0.5) is 0 Å². The Bertz CT molecular complexity index is 1020. The fourth-order valence-corrected chi connectivity index (χ4v) is 3.49. The largest absolute Gasteiger partial charge is 0.497 e. The van der Waals surface area contributed by atoms with Crippen LogP contribution < -0.4 is 4.74 Å². The summed E-state index contributed by atoms with van der Waals surface area (Å²) in [4.78, 5) is 25.6. The van der Waals surface area contributed by atoms with Gasteiger partial charge in [0.25, 0.3) is 5.91 Å². The molecule has 4 rings (SSSR count). The van der Waals surface area contributed by atoms with E-state index in [2.05, 4.69) is 15.3 Å². The van der Waals surface area contributed by atoms with Crippen molar-refractivity contribution in [2.24, 2.45) is 0 Å². The fourth-order valence-electron chi connectivity index (χ4n) is 3.49. The van der Waals surface area contributed by atoms with Crippen molar-refractivity contribution in [3.8, 4) is 17.0 Å². The zero-order valence-corrected chi connectivity index (χ0v) is 15.9. The average Bonchev–Trinajstić information content (AvgIpc) is 3.44. The van der Waals surface area contributed by atoms with Crippen LogP contribution in [0.2, 0.25) is 0 Å². The molecule has 0 atom stereocenters. The molecule has 2 N–H and O–H groups in total. The van der Waals surface area contributed by atoms with Crippen molar-refractivity contribution in [2.75, 3.05) is 20.2 Å². The van der Waals surface area contributed by atoms with Gasteiger partial charge in [-0.15, -0.1) is 0 Å². The molecule has 3 heterocycles. The number of methoxy groups -OCH3 is 1. The molecule has 29 heavy (non-hydrogen) atoms. The van der Waals surface area contributed by atoms with Crippen molar-refractivity contribution in [2.45, 2.75) is 18.9 Å². The van der Waals surface area contributed by atoms with Crippen LogP contribution in [0, 0.1) is 0 Å². The van der Waals surface area contributed by atoms with E-state index < -0.39 is 5.97 Å². The van der Waals surface area contributed by atoms with E-state index >= 15 is 0 Å². The number of aromatic carboxylic acids is 1. The molecule has 0 spiro atoms. The van der Waals surface area contributed by atoms with Crippen LogP contribution in [0.25, 0.3) is 11.3 Å². The molecule has 1 aliphatic heterocycles. The molecule has 3 aromatic rings. The number of ether oxygens (including phenoxy) is 1. The zero-order chi connectivity index (χ0) is 20.4. The van der Waals surface area contributed by atoms with Gasteiger partial charge in [0.05, 0.1) is 30.6 Å². The highest BCUT2D eigenvalue weighted by atomic mass is 16.5. The maximum atomic E-state index is 12.8. The molecule has 0 radical (unpaired) electrons. The number of carbonyl (C=O) groups excluding carboxylic acids is 1. The summed E-state index contributed by atoms with van der Waals surface area (Å²) in [6, 6.07) is 9.32. The Morgan fingerprint density at radius 2 is 1.93 bits per heavy atom. The zero-order valence-electron chi connectivity index (χ0n) is 15.9. The number of nitrogens with one attached hydrogen (secondary N) is 1. The Morgan fingerprint density at radius 1 is 1.21 bits per heavy atom. The molecule has 1 amide bonds. The van der Waals surface area contributed by atoms with Crippen molar-refractivity contribution in [1.82, 2.24) is 24.9 Å². The number of benzene rings is 1. The van der Waals surface area contributed by atoms with Crippen molar-refractivity contribution in [1.29, 1.82) is 0 Å². The number of rotatable bonds is 5. The predicted molar refractivity (Wildman–Crippen MR) is 104 cm³/mol. The second-order valence-corrected chi connectivity index (χ2v) is 6.93. The molecule has 9 nitrogen and oxygen atoms in total. The minimum atomic E-state index is -0.990. The van der Waals surface area contributed by atoms with E-state index in [1.807, 2.05) is 24.3 Å². The Labute approximate surface area is 166 Å². The van der Waals surface area contributed by atoms with Crippen molar-refractivity contribution >= 4 is 11.9 Å². The molecule has 0 bridgehead atoms. The monoisotopic (exact) mass is 395 g/mol. The summed E-state index contributed by atoms with van der Waals surface area (Å²) >= 11 is 0. The number of piperidine rings is 1. The lowest BCUT2D eigenvalue weighted by molar-refractivity contribution is 0.0683. The number of hydrogen-bond donors (Lipinski definition) is 2. The topological polar surface area (TPSA) is 113 Å². The molecule has 150 valence electrons. The Kier molecular flexibility index (Phi) is 5.03. The fraction of sp³-hybridized carbons (Fsp3) is 0.300. The van der Waals surface area contributed by atoms with E-state index in [1.54, 1.807) is 29.0 Å². The molecule has 1 aliphatic rings. The maximum absolute atomic E-state index is 12.8. The minimum Gasteiger partial charge on any atom is -0.497 e. The van der Waals surface area contributed by atoms with E-state index in [0.29, 0.717) is 37.3 Å². The summed E-state index contributed by atoms with van der Waals surface area (Å²) in [7, 11) is 1.61. The molecule has 2 aromatic heterocycles. The molecule has 9 heteroatoms. The van der Waals surface area contributed by atoms with E-state index in [0.717, 1.165) is 11.3 Å². The number of amides is 1. The molecular formula is C20H21N5O4. The first-order chi connectivity index (χ1) is 14.0. The molecule has 0 aliphatic carbocycles. The number of hydrogen-bond acceptors (Lipinski definition) is 5. The lowest BCUT2D eigenvalue weighted by Crippen LogP contribution is -2.39.